The molecule has 0 aliphatic carbocycles. The van der Waals surface area contributed by atoms with Crippen LogP contribution in [-0.2, 0) is 9.53 Å². The van der Waals surface area contributed by atoms with Crippen molar-refractivity contribution in [3.05, 3.63) is 0 Å². The summed E-state index contributed by atoms with van der Waals surface area (Å²) in [6, 6.07) is 0. The van der Waals surface area contributed by atoms with Crippen molar-refractivity contribution in [3.63, 3.8) is 0 Å². The monoisotopic (exact) mass is 241 g/mol. The predicted molar refractivity (Wildman–Crippen MR) is 64.6 cm³/mol. The molecule has 0 aromatic heterocycles. The summed E-state index contributed by atoms with van der Waals surface area (Å²) in [5.74, 6) is 0.519. The van der Waals surface area contributed by atoms with Crippen LogP contribution in [0, 0.1) is 5.92 Å². The Balaban J connectivity index is 1.67. The molecule has 0 aromatic carbocycles. The minimum Gasteiger partial charge on any atom is -0.396 e. The molecule has 0 saturated carbocycles. The quantitative estimate of drug-likeness (QED) is 0.804. The number of nitrogens with zero attached hydrogens (tertiary/aromatic N) is 1. The van der Waals surface area contributed by atoms with Crippen LogP contribution in [-0.4, -0.2) is 47.8 Å². The van der Waals surface area contributed by atoms with Crippen LogP contribution in [0.15, 0.2) is 0 Å². The van der Waals surface area contributed by atoms with Crippen molar-refractivity contribution < 1.29 is 14.6 Å². The Kier molecular flexibility index (Phi) is 4.40. The van der Waals surface area contributed by atoms with Crippen molar-refractivity contribution in [2.75, 3.05) is 19.7 Å². The molecule has 4 heteroatoms. The van der Waals surface area contributed by atoms with Gasteiger partial charge in [-0.05, 0) is 32.6 Å². The molecule has 0 aromatic rings. The molecule has 17 heavy (non-hydrogen) atoms. The van der Waals surface area contributed by atoms with Crippen LogP contribution in [0.2, 0.25) is 0 Å². The molecular weight excluding hydrogens is 218 g/mol. The Morgan fingerprint density at radius 2 is 2.24 bits per heavy atom. The van der Waals surface area contributed by atoms with Crippen molar-refractivity contribution in [2.24, 2.45) is 5.92 Å². The van der Waals surface area contributed by atoms with E-state index in [4.69, 9.17) is 9.84 Å². The molecule has 0 spiro atoms. The van der Waals surface area contributed by atoms with Crippen LogP contribution >= 0.6 is 0 Å². The third-order valence-electron chi connectivity index (χ3n) is 3.90. The smallest absolute Gasteiger partial charge is 0.222 e. The molecule has 2 saturated heterocycles. The standard InChI is InChI=1S/C13H23NO3/c1-10-2-3-12(17-10)4-5-13(16)14-7-6-11(8-14)9-15/h10-12,15H,2-9H2,1H3. The summed E-state index contributed by atoms with van der Waals surface area (Å²) in [5.41, 5.74) is 0. The van der Waals surface area contributed by atoms with Crippen molar-refractivity contribution >= 4 is 5.91 Å². The van der Waals surface area contributed by atoms with E-state index in [1.54, 1.807) is 0 Å². The first-order valence-corrected chi connectivity index (χ1v) is 6.73. The predicted octanol–water partition coefficient (Wildman–Crippen LogP) is 1.17. The van der Waals surface area contributed by atoms with Gasteiger partial charge >= 0.3 is 0 Å². The Morgan fingerprint density at radius 1 is 1.41 bits per heavy atom. The largest absolute Gasteiger partial charge is 0.396 e. The van der Waals surface area contributed by atoms with Gasteiger partial charge in [0.1, 0.15) is 0 Å². The van der Waals surface area contributed by atoms with Gasteiger partial charge in [-0.3, -0.25) is 4.79 Å². The topological polar surface area (TPSA) is 49.8 Å². The van der Waals surface area contributed by atoms with Crippen LogP contribution in [0.1, 0.15) is 39.0 Å². The number of aliphatic hydroxyl groups excluding tert-OH is 1. The number of carbonyl (C=O) groups excluding carboxylic acids is 1. The second-order valence-corrected chi connectivity index (χ2v) is 5.36. The highest BCUT2D eigenvalue weighted by Gasteiger charge is 2.27. The van der Waals surface area contributed by atoms with E-state index >= 15 is 0 Å². The van der Waals surface area contributed by atoms with Crippen LogP contribution in [0.4, 0.5) is 0 Å². The molecule has 1 amide bonds. The van der Waals surface area contributed by atoms with E-state index < -0.39 is 0 Å². The van der Waals surface area contributed by atoms with Gasteiger partial charge in [0.2, 0.25) is 5.91 Å². The maximum atomic E-state index is 11.9. The molecule has 98 valence electrons. The normalized spacial score (nSPS) is 33.3. The number of amides is 1. The zero-order valence-corrected chi connectivity index (χ0v) is 10.6. The molecule has 0 bridgehead atoms. The number of aliphatic hydroxyl groups is 1. The van der Waals surface area contributed by atoms with E-state index in [1.165, 1.54) is 0 Å². The van der Waals surface area contributed by atoms with E-state index in [2.05, 4.69) is 6.92 Å². The number of hydrogen-bond acceptors (Lipinski definition) is 3. The summed E-state index contributed by atoms with van der Waals surface area (Å²) in [5, 5.41) is 9.04. The van der Waals surface area contributed by atoms with Gasteiger partial charge in [-0.15, -0.1) is 0 Å². The minimum absolute atomic E-state index is 0.201. The summed E-state index contributed by atoms with van der Waals surface area (Å²) in [4.78, 5) is 13.8. The van der Waals surface area contributed by atoms with Gasteiger partial charge in [0.15, 0.2) is 0 Å². The summed E-state index contributed by atoms with van der Waals surface area (Å²) in [6.45, 7) is 3.84. The van der Waals surface area contributed by atoms with E-state index in [-0.39, 0.29) is 18.6 Å². The van der Waals surface area contributed by atoms with E-state index in [9.17, 15) is 4.79 Å². The highest BCUT2D eigenvalue weighted by Crippen LogP contribution is 2.23. The molecule has 3 unspecified atom stereocenters. The Labute approximate surface area is 103 Å². The number of rotatable bonds is 4. The highest BCUT2D eigenvalue weighted by molar-refractivity contribution is 5.76. The zero-order valence-electron chi connectivity index (χ0n) is 10.6. The van der Waals surface area contributed by atoms with Crippen LogP contribution in [0.25, 0.3) is 0 Å². The van der Waals surface area contributed by atoms with Gasteiger partial charge in [0.05, 0.1) is 12.2 Å². The summed E-state index contributed by atoms with van der Waals surface area (Å²) < 4.78 is 5.71. The van der Waals surface area contributed by atoms with Gasteiger partial charge in [-0.25, -0.2) is 0 Å². The van der Waals surface area contributed by atoms with Crippen molar-refractivity contribution in [3.8, 4) is 0 Å². The van der Waals surface area contributed by atoms with Gasteiger partial charge in [-0.1, -0.05) is 0 Å². The number of hydrogen-bond donors (Lipinski definition) is 1. The van der Waals surface area contributed by atoms with Crippen molar-refractivity contribution in [1.82, 2.24) is 4.90 Å². The lowest BCUT2D eigenvalue weighted by atomic mass is 10.1. The first kappa shape index (κ1) is 12.8. The Morgan fingerprint density at radius 3 is 2.82 bits per heavy atom. The lowest BCUT2D eigenvalue weighted by Gasteiger charge is -2.17. The third kappa shape index (κ3) is 3.42. The highest BCUT2D eigenvalue weighted by atomic mass is 16.5. The average Bonchev–Trinajstić information content (AvgIpc) is 2.94. The maximum absolute atomic E-state index is 11.9. The van der Waals surface area contributed by atoms with Gasteiger partial charge < -0.3 is 14.7 Å². The number of carbonyl (C=O) groups is 1. The first-order valence-electron chi connectivity index (χ1n) is 6.73. The molecule has 2 aliphatic heterocycles. The Bertz CT molecular complexity index is 269. The van der Waals surface area contributed by atoms with E-state index in [0.29, 0.717) is 18.4 Å². The van der Waals surface area contributed by atoms with Crippen LogP contribution < -0.4 is 0 Å². The molecule has 3 atom stereocenters. The second-order valence-electron chi connectivity index (χ2n) is 5.36. The fourth-order valence-corrected chi connectivity index (χ4v) is 2.75. The summed E-state index contributed by atoms with van der Waals surface area (Å²) >= 11 is 0. The third-order valence-corrected chi connectivity index (χ3v) is 3.90. The first-order chi connectivity index (χ1) is 8.19. The summed E-state index contributed by atoms with van der Waals surface area (Å²) in [7, 11) is 0. The number of likely N-dealkylation sites (tertiary alicyclic amines) is 1. The van der Waals surface area contributed by atoms with Crippen molar-refractivity contribution in [2.45, 2.75) is 51.2 Å². The van der Waals surface area contributed by atoms with Gasteiger partial charge in [0, 0.05) is 32.0 Å². The van der Waals surface area contributed by atoms with E-state index in [0.717, 1.165) is 38.8 Å². The molecule has 0 radical (unpaired) electrons. The second kappa shape index (κ2) is 5.83. The SMILES string of the molecule is CC1CCC(CCC(=O)N2CCC(CO)C2)O1. The fourth-order valence-electron chi connectivity index (χ4n) is 2.75. The molecule has 2 heterocycles. The van der Waals surface area contributed by atoms with Crippen LogP contribution in [0.5, 0.6) is 0 Å². The fraction of sp³-hybridized carbons (Fsp3) is 0.923. The van der Waals surface area contributed by atoms with Crippen LogP contribution in [0.3, 0.4) is 0 Å². The Hall–Kier alpha value is -0.610. The molecule has 4 nitrogen and oxygen atoms in total. The number of ether oxygens (including phenoxy) is 1. The molecule has 1 N–H and O–H groups in total. The molecule has 2 rings (SSSR count). The maximum Gasteiger partial charge on any atom is 0.222 e. The van der Waals surface area contributed by atoms with E-state index in [1.807, 2.05) is 4.90 Å². The van der Waals surface area contributed by atoms with Gasteiger partial charge in [-0.2, -0.15) is 0 Å². The zero-order chi connectivity index (χ0) is 12.3. The molecular formula is C13H23NO3. The van der Waals surface area contributed by atoms with Gasteiger partial charge in [0.25, 0.3) is 0 Å². The average molecular weight is 241 g/mol. The minimum atomic E-state index is 0.201. The molecule has 2 aliphatic rings. The summed E-state index contributed by atoms with van der Waals surface area (Å²) in [6.07, 6.45) is 5.24. The van der Waals surface area contributed by atoms with Crippen molar-refractivity contribution in [1.29, 1.82) is 0 Å². The molecule has 2 fully saturated rings. The lowest BCUT2D eigenvalue weighted by molar-refractivity contribution is -0.131. The lowest BCUT2D eigenvalue weighted by Crippen LogP contribution is -2.29.